The molecule has 0 aromatic heterocycles. The Labute approximate surface area is 195 Å². The van der Waals surface area contributed by atoms with Crippen LogP contribution in [-0.4, -0.2) is 15.3 Å². The molecule has 0 aliphatic carbocycles. The number of aryl methyl sites for hydroxylation is 3. The minimum Gasteiger partial charge on any atom is -0.508 e. The Morgan fingerprint density at radius 1 is 0.394 bits per heavy atom. The smallest absolute Gasteiger partial charge is 0.118 e. The van der Waals surface area contributed by atoms with E-state index in [9.17, 15) is 15.3 Å². The first-order chi connectivity index (χ1) is 15.9. The molecule has 3 heteroatoms. The minimum absolute atomic E-state index is 0.315. The van der Waals surface area contributed by atoms with Gasteiger partial charge in [0.05, 0.1) is 0 Å². The molecule has 4 aromatic carbocycles. The van der Waals surface area contributed by atoms with E-state index in [2.05, 4.69) is 18.2 Å². The van der Waals surface area contributed by atoms with E-state index >= 15 is 0 Å². The van der Waals surface area contributed by atoms with E-state index in [-0.39, 0.29) is 0 Å². The van der Waals surface area contributed by atoms with Crippen molar-refractivity contribution in [1.82, 2.24) is 0 Å². The Hall–Kier alpha value is -3.72. The van der Waals surface area contributed by atoms with Crippen LogP contribution in [0.3, 0.4) is 0 Å². The Morgan fingerprint density at radius 2 is 0.667 bits per heavy atom. The minimum atomic E-state index is 0.315. The van der Waals surface area contributed by atoms with Crippen molar-refractivity contribution in [1.29, 1.82) is 0 Å². The molecule has 4 rings (SSSR count). The van der Waals surface area contributed by atoms with Crippen molar-refractivity contribution in [3.05, 3.63) is 89.5 Å². The Kier molecular flexibility index (Phi) is 6.41. The summed E-state index contributed by atoms with van der Waals surface area (Å²) < 4.78 is 0. The molecule has 3 N–H and O–H groups in total. The van der Waals surface area contributed by atoms with Crippen molar-refractivity contribution < 1.29 is 15.3 Å². The van der Waals surface area contributed by atoms with Crippen LogP contribution in [0.1, 0.15) is 37.5 Å². The number of benzene rings is 4. The van der Waals surface area contributed by atoms with Gasteiger partial charge in [-0.2, -0.15) is 0 Å². The maximum Gasteiger partial charge on any atom is 0.118 e. The third-order valence-corrected chi connectivity index (χ3v) is 6.31. The second-order valence-electron chi connectivity index (χ2n) is 8.39. The zero-order chi connectivity index (χ0) is 23.5. The molecular weight excluding hydrogens is 408 g/mol. The number of phenolic OH excluding ortho intramolecular Hbond substituents is 3. The molecule has 0 radical (unpaired) electrons. The van der Waals surface area contributed by atoms with Gasteiger partial charge in [0, 0.05) is 0 Å². The fraction of sp³-hybridized carbons (Fsp3) is 0.200. The maximum atomic E-state index is 10.2. The summed E-state index contributed by atoms with van der Waals surface area (Å²) in [5.41, 5.74) is 9.00. The van der Waals surface area contributed by atoms with Gasteiger partial charge in [-0.1, -0.05) is 39.0 Å². The second-order valence-corrected chi connectivity index (χ2v) is 8.39. The Morgan fingerprint density at radius 3 is 0.909 bits per heavy atom. The van der Waals surface area contributed by atoms with Gasteiger partial charge in [0.15, 0.2) is 0 Å². The van der Waals surface area contributed by atoms with Gasteiger partial charge in [-0.3, -0.25) is 0 Å². The summed E-state index contributed by atoms with van der Waals surface area (Å²) in [7, 11) is 0. The molecular formula is C30H30O3. The average molecular weight is 439 g/mol. The van der Waals surface area contributed by atoms with Gasteiger partial charge in [-0.15, -0.1) is 0 Å². The quantitative estimate of drug-likeness (QED) is 0.292. The van der Waals surface area contributed by atoms with E-state index < -0.39 is 0 Å². The fourth-order valence-corrected chi connectivity index (χ4v) is 4.27. The number of hydrogen-bond acceptors (Lipinski definition) is 3. The van der Waals surface area contributed by atoms with Crippen molar-refractivity contribution in [3.63, 3.8) is 0 Å². The standard InChI is InChI=1S/C30H30O3/c1-4-19-13-22(7-10-28(19)31)25-16-26(23-8-11-29(32)20(5-2)14-23)18-27(17-25)24-9-12-30(33)21(6-3)15-24/h7-18,31-33H,4-6H2,1-3H3. The highest BCUT2D eigenvalue weighted by atomic mass is 16.3. The van der Waals surface area contributed by atoms with Crippen LogP contribution in [0.2, 0.25) is 0 Å². The number of phenols is 3. The molecule has 0 amide bonds. The van der Waals surface area contributed by atoms with E-state index in [0.29, 0.717) is 17.2 Å². The monoisotopic (exact) mass is 438 g/mol. The molecule has 168 valence electrons. The van der Waals surface area contributed by atoms with Crippen LogP contribution in [0.4, 0.5) is 0 Å². The van der Waals surface area contributed by atoms with Gasteiger partial charge in [0.25, 0.3) is 0 Å². The molecule has 0 saturated carbocycles. The molecule has 0 heterocycles. The van der Waals surface area contributed by atoms with Crippen LogP contribution in [-0.2, 0) is 19.3 Å². The second kappa shape index (κ2) is 9.41. The molecule has 0 spiro atoms. The zero-order valence-electron chi connectivity index (χ0n) is 19.4. The summed E-state index contributed by atoms with van der Waals surface area (Å²) in [4.78, 5) is 0. The van der Waals surface area contributed by atoms with Crippen molar-refractivity contribution in [2.75, 3.05) is 0 Å². The highest BCUT2D eigenvalue weighted by molar-refractivity contribution is 5.82. The molecule has 0 fully saturated rings. The summed E-state index contributed by atoms with van der Waals surface area (Å²) in [6.45, 7) is 6.10. The summed E-state index contributed by atoms with van der Waals surface area (Å²) in [6, 6.07) is 23.7. The molecule has 0 unspecified atom stereocenters. The van der Waals surface area contributed by atoms with Crippen molar-refractivity contribution in [3.8, 4) is 50.6 Å². The van der Waals surface area contributed by atoms with Crippen LogP contribution >= 0.6 is 0 Å². The van der Waals surface area contributed by atoms with E-state index in [1.165, 1.54) is 0 Å². The lowest BCUT2D eigenvalue weighted by molar-refractivity contribution is 0.468. The summed E-state index contributed by atoms with van der Waals surface area (Å²) >= 11 is 0. The topological polar surface area (TPSA) is 60.7 Å². The molecule has 0 aliphatic rings. The molecule has 0 aliphatic heterocycles. The van der Waals surface area contributed by atoms with E-state index in [1.54, 1.807) is 18.2 Å². The van der Waals surface area contributed by atoms with Gasteiger partial charge in [-0.05, 0) is 124 Å². The SMILES string of the molecule is CCc1cc(-c2cc(-c3ccc(O)c(CC)c3)cc(-c3ccc(O)c(CC)c3)c2)ccc1O. The number of aromatic hydroxyl groups is 3. The molecule has 33 heavy (non-hydrogen) atoms. The van der Waals surface area contributed by atoms with Gasteiger partial charge in [0.2, 0.25) is 0 Å². The number of hydrogen-bond donors (Lipinski definition) is 3. The third kappa shape index (κ3) is 4.58. The first kappa shape index (κ1) is 22.5. The van der Waals surface area contributed by atoms with Crippen LogP contribution in [0.25, 0.3) is 33.4 Å². The lowest BCUT2D eigenvalue weighted by atomic mass is 9.91. The first-order valence-electron chi connectivity index (χ1n) is 11.5. The molecule has 4 aromatic rings. The fourth-order valence-electron chi connectivity index (χ4n) is 4.27. The average Bonchev–Trinajstić information content (AvgIpc) is 2.84. The predicted molar refractivity (Wildman–Crippen MR) is 136 cm³/mol. The lowest BCUT2D eigenvalue weighted by Crippen LogP contribution is -1.90. The number of rotatable bonds is 6. The van der Waals surface area contributed by atoms with Gasteiger partial charge < -0.3 is 15.3 Å². The third-order valence-electron chi connectivity index (χ3n) is 6.31. The summed E-state index contributed by atoms with van der Waals surface area (Å²) in [6.07, 6.45) is 2.26. The van der Waals surface area contributed by atoms with Gasteiger partial charge >= 0.3 is 0 Å². The van der Waals surface area contributed by atoms with Gasteiger partial charge in [0.1, 0.15) is 17.2 Å². The lowest BCUT2D eigenvalue weighted by Gasteiger charge is -2.14. The first-order valence-corrected chi connectivity index (χ1v) is 11.5. The summed E-state index contributed by atoms with van der Waals surface area (Å²) in [5.74, 6) is 0.944. The van der Waals surface area contributed by atoms with Crippen LogP contribution in [0, 0.1) is 0 Å². The largest absolute Gasteiger partial charge is 0.508 e. The Balaban J connectivity index is 1.94. The highest BCUT2D eigenvalue weighted by Crippen LogP contribution is 2.36. The van der Waals surface area contributed by atoms with E-state index in [1.807, 2.05) is 57.2 Å². The molecule has 0 bridgehead atoms. The normalized spacial score (nSPS) is 11.0. The van der Waals surface area contributed by atoms with Crippen molar-refractivity contribution >= 4 is 0 Å². The highest BCUT2D eigenvalue weighted by Gasteiger charge is 2.12. The van der Waals surface area contributed by atoms with E-state index in [0.717, 1.165) is 69.3 Å². The van der Waals surface area contributed by atoms with E-state index in [4.69, 9.17) is 0 Å². The van der Waals surface area contributed by atoms with Crippen molar-refractivity contribution in [2.45, 2.75) is 40.0 Å². The van der Waals surface area contributed by atoms with Crippen LogP contribution < -0.4 is 0 Å². The maximum absolute atomic E-state index is 10.2. The van der Waals surface area contributed by atoms with Crippen LogP contribution in [0.5, 0.6) is 17.2 Å². The molecule has 3 nitrogen and oxygen atoms in total. The Bertz CT molecular complexity index is 1130. The van der Waals surface area contributed by atoms with Crippen LogP contribution in [0.15, 0.2) is 72.8 Å². The molecule has 0 atom stereocenters. The van der Waals surface area contributed by atoms with Crippen molar-refractivity contribution in [2.24, 2.45) is 0 Å². The predicted octanol–water partition coefficient (Wildman–Crippen LogP) is 7.49. The van der Waals surface area contributed by atoms with Gasteiger partial charge in [-0.25, -0.2) is 0 Å². The summed E-state index contributed by atoms with van der Waals surface area (Å²) in [5, 5.41) is 30.5. The molecule has 0 saturated heterocycles. The zero-order valence-corrected chi connectivity index (χ0v) is 19.4.